The second kappa shape index (κ2) is 3.58. The van der Waals surface area contributed by atoms with Crippen molar-refractivity contribution in [1.82, 2.24) is 0 Å². The van der Waals surface area contributed by atoms with Crippen LogP contribution in [0, 0.1) is 0 Å². The Kier molecular flexibility index (Phi) is 2.42. The van der Waals surface area contributed by atoms with Crippen LogP contribution in [0.1, 0.15) is 28.3 Å². The van der Waals surface area contributed by atoms with E-state index >= 15 is 0 Å². The molecule has 0 bridgehead atoms. The summed E-state index contributed by atoms with van der Waals surface area (Å²) in [7, 11) is 0. The van der Waals surface area contributed by atoms with Gasteiger partial charge in [0, 0.05) is 12.0 Å². The zero-order chi connectivity index (χ0) is 10.1. The van der Waals surface area contributed by atoms with Gasteiger partial charge in [0.25, 0.3) is 0 Å². The molecule has 2 rings (SSSR count). The Morgan fingerprint density at radius 1 is 1.43 bits per heavy atom. The molecule has 0 aromatic heterocycles. The van der Waals surface area contributed by atoms with Crippen molar-refractivity contribution in [3.63, 3.8) is 0 Å². The maximum absolute atomic E-state index is 11.5. The molecule has 0 fully saturated rings. The van der Waals surface area contributed by atoms with Gasteiger partial charge in [-0.15, -0.1) is 0 Å². The molecule has 0 saturated carbocycles. The van der Waals surface area contributed by atoms with Crippen LogP contribution in [0.5, 0.6) is 0 Å². The van der Waals surface area contributed by atoms with E-state index in [0.717, 1.165) is 11.1 Å². The first kappa shape index (κ1) is 9.46. The number of carbonyl (C=O) groups excluding carboxylic acids is 2. The minimum atomic E-state index is -0.214. The number of Topliss-reactive ketones (excluding diaryl/α,β-unsaturated/α-hetero) is 1. The smallest absolute Gasteiger partial charge is 0.196 e. The Morgan fingerprint density at radius 2 is 2.14 bits per heavy atom. The first-order chi connectivity index (χ1) is 6.74. The molecule has 3 heteroatoms. The van der Waals surface area contributed by atoms with Gasteiger partial charge < -0.3 is 0 Å². The molecule has 1 aromatic carbocycles. The molecule has 0 N–H and O–H groups in total. The Morgan fingerprint density at radius 3 is 2.86 bits per heavy atom. The second-order valence-corrected chi connectivity index (χ2v) is 4.10. The normalized spacial score (nSPS) is 19.5. The van der Waals surface area contributed by atoms with Gasteiger partial charge in [-0.25, -0.2) is 0 Å². The van der Waals surface area contributed by atoms with Gasteiger partial charge in [-0.3, -0.25) is 9.59 Å². The van der Waals surface area contributed by atoms with E-state index in [1.54, 1.807) is 12.3 Å². The third-order valence-electron chi connectivity index (χ3n) is 2.51. The summed E-state index contributed by atoms with van der Waals surface area (Å²) in [5, 5.41) is 0.0864. The molecule has 0 amide bonds. The molecular weight excluding hydrogens is 196 g/mol. The van der Waals surface area contributed by atoms with Crippen molar-refractivity contribution in [2.75, 3.05) is 6.26 Å². The third-order valence-corrected chi connectivity index (χ3v) is 3.20. The zero-order valence-electron chi connectivity index (χ0n) is 7.82. The Labute approximate surface area is 86.7 Å². The van der Waals surface area contributed by atoms with Gasteiger partial charge in [-0.1, -0.05) is 36.0 Å². The van der Waals surface area contributed by atoms with Crippen LogP contribution >= 0.6 is 11.8 Å². The van der Waals surface area contributed by atoms with Crippen LogP contribution < -0.4 is 0 Å². The lowest BCUT2D eigenvalue weighted by Gasteiger charge is -2.05. The molecule has 1 unspecified atom stereocenters. The number of carbonyl (C=O) groups is 2. The topological polar surface area (TPSA) is 34.1 Å². The van der Waals surface area contributed by atoms with Crippen LogP contribution in [-0.2, 0) is 4.79 Å². The van der Waals surface area contributed by atoms with Crippen molar-refractivity contribution in [3.8, 4) is 0 Å². The van der Waals surface area contributed by atoms with Crippen LogP contribution in [0.3, 0.4) is 0 Å². The SMILES string of the molecule is CSC(=O)C1CC(=O)c2ccccc21. The summed E-state index contributed by atoms with van der Waals surface area (Å²) in [4.78, 5) is 23.1. The molecule has 1 aliphatic carbocycles. The maximum Gasteiger partial charge on any atom is 0.196 e. The van der Waals surface area contributed by atoms with E-state index in [-0.39, 0.29) is 16.8 Å². The minimum Gasteiger partial charge on any atom is -0.294 e. The lowest BCUT2D eigenvalue weighted by molar-refractivity contribution is -0.112. The molecule has 0 radical (unpaired) electrons. The fraction of sp³-hybridized carbons (Fsp3) is 0.273. The van der Waals surface area contributed by atoms with Crippen molar-refractivity contribution >= 4 is 22.7 Å². The Bertz CT molecular complexity index is 398. The van der Waals surface area contributed by atoms with E-state index in [4.69, 9.17) is 0 Å². The van der Waals surface area contributed by atoms with Gasteiger partial charge in [0.15, 0.2) is 10.9 Å². The summed E-state index contributed by atoms with van der Waals surface area (Å²) in [6.45, 7) is 0. The van der Waals surface area contributed by atoms with E-state index < -0.39 is 0 Å². The van der Waals surface area contributed by atoms with E-state index in [1.807, 2.05) is 18.2 Å². The average Bonchev–Trinajstić information content (AvgIpc) is 2.56. The molecule has 0 spiro atoms. The number of benzene rings is 1. The first-order valence-corrected chi connectivity index (χ1v) is 5.66. The molecule has 1 aliphatic rings. The van der Waals surface area contributed by atoms with Crippen LogP contribution in [0.4, 0.5) is 0 Å². The molecule has 0 heterocycles. The summed E-state index contributed by atoms with van der Waals surface area (Å²) in [5.41, 5.74) is 1.62. The van der Waals surface area contributed by atoms with Gasteiger partial charge in [-0.05, 0) is 11.8 Å². The van der Waals surface area contributed by atoms with Gasteiger partial charge in [-0.2, -0.15) is 0 Å². The maximum atomic E-state index is 11.5. The van der Waals surface area contributed by atoms with Gasteiger partial charge in [0.2, 0.25) is 0 Å². The van der Waals surface area contributed by atoms with E-state index in [0.29, 0.717) is 6.42 Å². The van der Waals surface area contributed by atoms with Gasteiger partial charge in [0.1, 0.15) is 0 Å². The largest absolute Gasteiger partial charge is 0.294 e. The van der Waals surface area contributed by atoms with Gasteiger partial charge >= 0.3 is 0 Å². The summed E-state index contributed by atoms with van der Waals surface area (Å²) in [5.74, 6) is -0.123. The van der Waals surface area contributed by atoms with Gasteiger partial charge in [0.05, 0.1) is 5.92 Å². The number of fused-ring (bicyclic) bond motifs is 1. The van der Waals surface area contributed by atoms with E-state index in [2.05, 4.69) is 0 Å². The fourth-order valence-electron chi connectivity index (χ4n) is 1.81. The summed E-state index contributed by atoms with van der Waals surface area (Å²) in [6.07, 6.45) is 2.10. The molecule has 14 heavy (non-hydrogen) atoms. The highest BCUT2D eigenvalue weighted by atomic mass is 32.2. The highest BCUT2D eigenvalue weighted by molar-refractivity contribution is 8.13. The monoisotopic (exact) mass is 206 g/mol. The highest BCUT2D eigenvalue weighted by Gasteiger charge is 2.33. The zero-order valence-corrected chi connectivity index (χ0v) is 8.64. The molecule has 72 valence electrons. The summed E-state index contributed by atoms with van der Waals surface area (Å²) in [6, 6.07) is 7.38. The quantitative estimate of drug-likeness (QED) is 0.706. The molecule has 0 saturated heterocycles. The molecule has 1 atom stereocenters. The second-order valence-electron chi connectivity index (χ2n) is 3.29. The van der Waals surface area contributed by atoms with Crippen molar-refractivity contribution < 1.29 is 9.59 Å². The average molecular weight is 206 g/mol. The number of ketones is 1. The number of rotatable bonds is 1. The summed E-state index contributed by atoms with van der Waals surface area (Å²) >= 11 is 1.20. The van der Waals surface area contributed by atoms with Crippen LogP contribution in [0.15, 0.2) is 24.3 Å². The molecule has 1 aromatic rings. The van der Waals surface area contributed by atoms with Crippen LogP contribution in [-0.4, -0.2) is 17.2 Å². The van der Waals surface area contributed by atoms with E-state index in [1.165, 1.54) is 11.8 Å². The lowest BCUT2D eigenvalue weighted by Crippen LogP contribution is -2.04. The summed E-state index contributed by atoms with van der Waals surface area (Å²) < 4.78 is 0. The number of thioether (sulfide) groups is 1. The number of hydrogen-bond donors (Lipinski definition) is 0. The Balaban J connectivity index is 2.44. The van der Waals surface area contributed by atoms with Crippen molar-refractivity contribution in [3.05, 3.63) is 35.4 Å². The predicted octanol–water partition coefficient (Wildman–Crippen LogP) is 2.25. The lowest BCUT2D eigenvalue weighted by atomic mass is 10.0. The predicted molar refractivity (Wildman–Crippen MR) is 56.7 cm³/mol. The Hall–Kier alpha value is -1.09. The first-order valence-electron chi connectivity index (χ1n) is 4.44. The minimum absolute atomic E-state index is 0.0864. The van der Waals surface area contributed by atoms with Crippen LogP contribution in [0.2, 0.25) is 0 Å². The van der Waals surface area contributed by atoms with Crippen molar-refractivity contribution in [2.45, 2.75) is 12.3 Å². The van der Waals surface area contributed by atoms with Crippen LogP contribution in [0.25, 0.3) is 0 Å². The molecular formula is C11H10O2S. The molecule has 0 aliphatic heterocycles. The standard InChI is InChI=1S/C11H10O2S/c1-14-11(13)9-6-10(12)8-5-3-2-4-7(8)9/h2-5,9H,6H2,1H3. The van der Waals surface area contributed by atoms with Crippen molar-refractivity contribution in [1.29, 1.82) is 0 Å². The third kappa shape index (κ3) is 1.38. The molecule has 2 nitrogen and oxygen atoms in total. The van der Waals surface area contributed by atoms with Crippen molar-refractivity contribution in [2.24, 2.45) is 0 Å². The highest BCUT2D eigenvalue weighted by Crippen LogP contribution is 2.35. The van der Waals surface area contributed by atoms with E-state index in [9.17, 15) is 9.59 Å². The number of hydrogen-bond acceptors (Lipinski definition) is 3. The fourth-order valence-corrected chi connectivity index (χ4v) is 2.31.